The molecule has 124 valence electrons. The lowest BCUT2D eigenvalue weighted by Gasteiger charge is -2.33. The van der Waals surface area contributed by atoms with Gasteiger partial charge in [0.25, 0.3) is 0 Å². The molecular weight excluding hydrogens is 302 g/mol. The van der Waals surface area contributed by atoms with E-state index in [9.17, 15) is 0 Å². The zero-order valence-electron chi connectivity index (χ0n) is 13.6. The summed E-state index contributed by atoms with van der Waals surface area (Å²) >= 11 is 0. The Hall–Kier alpha value is -2.65. The normalized spacial score (nSPS) is 15.0. The molecule has 3 rings (SSSR count). The molecule has 0 saturated carbocycles. The summed E-state index contributed by atoms with van der Waals surface area (Å²) < 4.78 is 5.69. The van der Waals surface area contributed by atoms with Gasteiger partial charge in [0.15, 0.2) is 11.5 Å². The molecule has 1 N–H and O–H groups in total. The van der Waals surface area contributed by atoms with E-state index in [1.54, 1.807) is 12.4 Å². The first-order valence-electron chi connectivity index (χ1n) is 8.24. The molecule has 0 spiro atoms. The van der Waals surface area contributed by atoms with Gasteiger partial charge in [-0.25, -0.2) is 9.97 Å². The summed E-state index contributed by atoms with van der Waals surface area (Å²) in [7, 11) is 0. The Morgan fingerprint density at radius 1 is 1.17 bits per heavy atom. The summed E-state index contributed by atoms with van der Waals surface area (Å²) in [6, 6.07) is 12.4. The van der Waals surface area contributed by atoms with Crippen molar-refractivity contribution in [2.45, 2.75) is 18.9 Å². The number of hydrogen-bond acceptors (Lipinski definition) is 6. The summed E-state index contributed by atoms with van der Waals surface area (Å²) in [4.78, 5) is 10.5. The van der Waals surface area contributed by atoms with Crippen molar-refractivity contribution in [1.82, 2.24) is 15.3 Å². The van der Waals surface area contributed by atoms with Crippen LogP contribution in [0.2, 0.25) is 0 Å². The molecule has 0 radical (unpaired) electrons. The number of nitriles is 1. The first-order chi connectivity index (χ1) is 11.9. The molecule has 0 amide bonds. The lowest BCUT2D eigenvalue weighted by molar-refractivity contribution is 0.296. The molecule has 0 unspecified atom stereocenters. The second-order valence-corrected chi connectivity index (χ2v) is 5.72. The fraction of sp³-hybridized carbons (Fsp3) is 0.389. The Labute approximate surface area is 142 Å². The summed E-state index contributed by atoms with van der Waals surface area (Å²) in [5, 5.41) is 12.7. The first-order valence-corrected chi connectivity index (χ1v) is 8.24. The van der Waals surface area contributed by atoms with Gasteiger partial charge in [-0.2, -0.15) is 5.26 Å². The van der Waals surface area contributed by atoms with Gasteiger partial charge in [0.2, 0.25) is 0 Å². The average molecular weight is 323 g/mol. The van der Waals surface area contributed by atoms with Gasteiger partial charge in [-0.3, -0.25) is 0 Å². The van der Waals surface area contributed by atoms with Gasteiger partial charge in [-0.15, -0.1) is 0 Å². The molecule has 2 aromatic rings. The van der Waals surface area contributed by atoms with E-state index in [4.69, 9.17) is 10.00 Å². The summed E-state index contributed by atoms with van der Waals surface area (Å²) in [6.45, 7) is 3.25. The zero-order valence-corrected chi connectivity index (χ0v) is 13.6. The standard InChI is InChI=1S/C18H21N5O/c19-14-17-18(22-9-8-21-17)23-11-6-15(7-12-23)20-10-13-24-16-4-2-1-3-5-16/h1-5,8-9,15,20H,6-7,10-13H2. The molecular formula is C18H21N5O. The van der Waals surface area contributed by atoms with Gasteiger partial charge in [0.1, 0.15) is 18.4 Å². The van der Waals surface area contributed by atoms with E-state index >= 15 is 0 Å². The number of nitrogens with one attached hydrogen (secondary N) is 1. The minimum atomic E-state index is 0.403. The number of aromatic nitrogens is 2. The zero-order chi connectivity index (χ0) is 16.6. The molecule has 0 aliphatic carbocycles. The van der Waals surface area contributed by atoms with Crippen LogP contribution in [0.3, 0.4) is 0 Å². The second-order valence-electron chi connectivity index (χ2n) is 5.72. The quantitative estimate of drug-likeness (QED) is 0.820. The Morgan fingerprint density at radius 3 is 2.67 bits per heavy atom. The Kier molecular flexibility index (Phi) is 5.59. The van der Waals surface area contributed by atoms with Crippen LogP contribution in [0.5, 0.6) is 5.75 Å². The molecule has 1 fully saturated rings. The highest BCUT2D eigenvalue weighted by molar-refractivity contribution is 5.49. The molecule has 0 atom stereocenters. The molecule has 1 aromatic carbocycles. The minimum Gasteiger partial charge on any atom is -0.492 e. The van der Waals surface area contributed by atoms with Gasteiger partial charge < -0.3 is 15.0 Å². The summed E-state index contributed by atoms with van der Waals surface area (Å²) in [5.41, 5.74) is 0.403. The lowest BCUT2D eigenvalue weighted by atomic mass is 10.0. The van der Waals surface area contributed by atoms with Gasteiger partial charge in [-0.05, 0) is 25.0 Å². The predicted octanol–water partition coefficient (Wildman–Crippen LogP) is 1.99. The molecule has 1 aromatic heterocycles. The van der Waals surface area contributed by atoms with Crippen LogP contribution >= 0.6 is 0 Å². The molecule has 2 heterocycles. The molecule has 24 heavy (non-hydrogen) atoms. The molecule has 1 saturated heterocycles. The SMILES string of the molecule is N#Cc1nccnc1N1CCC(NCCOc2ccccc2)CC1. The van der Waals surface area contributed by atoms with Crippen molar-refractivity contribution >= 4 is 5.82 Å². The fourth-order valence-electron chi connectivity index (χ4n) is 2.89. The van der Waals surface area contributed by atoms with Crippen LogP contribution in [0.4, 0.5) is 5.82 Å². The summed E-state index contributed by atoms with van der Waals surface area (Å²) in [5.74, 6) is 1.60. The Morgan fingerprint density at radius 2 is 1.92 bits per heavy atom. The van der Waals surface area contributed by atoms with Gasteiger partial charge in [0.05, 0.1) is 0 Å². The Bertz CT molecular complexity index is 677. The van der Waals surface area contributed by atoms with Crippen molar-refractivity contribution < 1.29 is 4.74 Å². The smallest absolute Gasteiger partial charge is 0.183 e. The van der Waals surface area contributed by atoms with E-state index in [0.717, 1.165) is 38.2 Å². The van der Waals surface area contributed by atoms with Crippen LogP contribution in [0.1, 0.15) is 18.5 Å². The number of ether oxygens (including phenoxy) is 1. The average Bonchev–Trinajstić information content (AvgIpc) is 2.66. The van der Waals surface area contributed by atoms with Crippen molar-refractivity contribution in [3.63, 3.8) is 0 Å². The van der Waals surface area contributed by atoms with Gasteiger partial charge in [0, 0.05) is 38.1 Å². The van der Waals surface area contributed by atoms with Crippen molar-refractivity contribution in [3.8, 4) is 11.8 Å². The van der Waals surface area contributed by atoms with Crippen LogP contribution in [-0.2, 0) is 0 Å². The maximum Gasteiger partial charge on any atom is 0.183 e. The maximum atomic E-state index is 9.13. The van der Waals surface area contributed by atoms with Gasteiger partial charge >= 0.3 is 0 Å². The third-order valence-electron chi connectivity index (χ3n) is 4.13. The third kappa shape index (κ3) is 4.21. The minimum absolute atomic E-state index is 0.403. The highest BCUT2D eigenvalue weighted by Gasteiger charge is 2.21. The van der Waals surface area contributed by atoms with Gasteiger partial charge in [-0.1, -0.05) is 18.2 Å². The summed E-state index contributed by atoms with van der Waals surface area (Å²) in [6.07, 6.45) is 5.24. The monoisotopic (exact) mass is 323 g/mol. The molecule has 6 nitrogen and oxygen atoms in total. The predicted molar refractivity (Wildman–Crippen MR) is 91.9 cm³/mol. The van der Waals surface area contributed by atoms with Crippen LogP contribution in [-0.4, -0.2) is 42.3 Å². The number of para-hydroxylation sites is 1. The number of anilines is 1. The van der Waals surface area contributed by atoms with E-state index in [-0.39, 0.29) is 0 Å². The largest absolute Gasteiger partial charge is 0.492 e. The van der Waals surface area contributed by atoms with Crippen molar-refractivity contribution in [1.29, 1.82) is 5.26 Å². The third-order valence-corrected chi connectivity index (χ3v) is 4.13. The van der Waals surface area contributed by atoms with Crippen LogP contribution in [0.15, 0.2) is 42.7 Å². The number of benzene rings is 1. The van der Waals surface area contributed by atoms with Crippen LogP contribution < -0.4 is 15.0 Å². The van der Waals surface area contributed by atoms with Crippen LogP contribution in [0.25, 0.3) is 0 Å². The second kappa shape index (κ2) is 8.27. The number of piperidine rings is 1. The highest BCUT2D eigenvalue weighted by Crippen LogP contribution is 2.19. The van der Waals surface area contributed by atoms with E-state index < -0.39 is 0 Å². The number of nitrogens with zero attached hydrogens (tertiary/aromatic N) is 4. The Balaban J connectivity index is 1.40. The maximum absolute atomic E-state index is 9.13. The van der Waals surface area contributed by atoms with E-state index in [1.807, 2.05) is 30.3 Å². The van der Waals surface area contributed by atoms with E-state index in [2.05, 4.69) is 26.3 Å². The molecule has 1 aliphatic rings. The first kappa shape index (κ1) is 16.2. The number of hydrogen-bond donors (Lipinski definition) is 1. The molecule has 6 heteroatoms. The lowest BCUT2D eigenvalue weighted by Crippen LogP contribution is -2.44. The van der Waals surface area contributed by atoms with Crippen molar-refractivity contribution in [2.75, 3.05) is 31.1 Å². The highest BCUT2D eigenvalue weighted by atomic mass is 16.5. The van der Waals surface area contributed by atoms with Crippen molar-refractivity contribution in [2.24, 2.45) is 0 Å². The van der Waals surface area contributed by atoms with Crippen molar-refractivity contribution in [3.05, 3.63) is 48.4 Å². The molecule has 0 bridgehead atoms. The van der Waals surface area contributed by atoms with E-state index in [0.29, 0.717) is 24.2 Å². The molecule has 1 aliphatic heterocycles. The van der Waals surface area contributed by atoms with Crippen LogP contribution in [0, 0.1) is 11.3 Å². The fourth-order valence-corrected chi connectivity index (χ4v) is 2.89. The topological polar surface area (TPSA) is 74.1 Å². The van der Waals surface area contributed by atoms with E-state index in [1.165, 1.54) is 0 Å². The number of rotatable bonds is 6.